The normalized spacial score (nSPS) is 28.6. The summed E-state index contributed by atoms with van der Waals surface area (Å²) in [5, 5.41) is 22.2. The highest BCUT2D eigenvalue weighted by Crippen LogP contribution is 2.27. The summed E-state index contributed by atoms with van der Waals surface area (Å²) in [7, 11) is 0. The maximum absolute atomic E-state index is 9.41. The predicted octanol–water partition coefficient (Wildman–Crippen LogP) is 1.13. The van der Waals surface area contributed by atoms with Gasteiger partial charge in [-0.25, -0.2) is 0 Å². The Morgan fingerprint density at radius 2 is 2.24 bits per heavy atom. The molecule has 2 heterocycles. The Morgan fingerprint density at radius 3 is 2.90 bits per heavy atom. The lowest BCUT2D eigenvalue weighted by molar-refractivity contribution is -0.0737. The third-order valence-corrected chi connectivity index (χ3v) is 3.85. The van der Waals surface area contributed by atoms with Crippen LogP contribution in [0.1, 0.15) is 6.42 Å². The third-order valence-electron chi connectivity index (χ3n) is 3.85. The van der Waals surface area contributed by atoms with E-state index in [4.69, 9.17) is 4.74 Å². The van der Waals surface area contributed by atoms with Crippen molar-refractivity contribution in [1.82, 2.24) is 5.32 Å². The molecule has 3 N–H and O–H groups in total. The molecule has 2 rings (SSSR count). The van der Waals surface area contributed by atoms with E-state index in [2.05, 4.69) is 23.5 Å². The fourth-order valence-corrected chi connectivity index (χ4v) is 2.67. The van der Waals surface area contributed by atoms with Gasteiger partial charge in [-0.2, -0.15) is 0 Å². The molecule has 5 heteroatoms. The number of hydrogen-bond acceptors (Lipinski definition) is 5. The van der Waals surface area contributed by atoms with E-state index in [1.54, 1.807) is 30.6 Å². The molecule has 5 nitrogen and oxygen atoms in total. The molecule has 0 fully saturated rings. The van der Waals surface area contributed by atoms with Crippen LogP contribution < -0.4 is 5.32 Å². The van der Waals surface area contributed by atoms with E-state index in [0.717, 1.165) is 17.8 Å². The molecule has 0 spiro atoms. The Bertz CT molecular complexity index is 480. The van der Waals surface area contributed by atoms with Crippen molar-refractivity contribution in [1.29, 1.82) is 0 Å². The van der Waals surface area contributed by atoms with Gasteiger partial charge in [0.25, 0.3) is 0 Å². The van der Waals surface area contributed by atoms with Gasteiger partial charge in [0.15, 0.2) is 6.29 Å². The van der Waals surface area contributed by atoms with Crippen LogP contribution in [0.25, 0.3) is 0 Å². The van der Waals surface area contributed by atoms with E-state index >= 15 is 0 Å². The van der Waals surface area contributed by atoms with Crippen LogP contribution in [-0.4, -0.2) is 41.9 Å². The lowest BCUT2D eigenvalue weighted by Crippen LogP contribution is -2.45. The molecule has 2 aliphatic heterocycles. The Morgan fingerprint density at radius 1 is 1.43 bits per heavy atom. The molecule has 0 saturated heterocycles. The van der Waals surface area contributed by atoms with Crippen LogP contribution in [0.15, 0.2) is 53.9 Å². The van der Waals surface area contributed by atoms with Crippen LogP contribution in [0.4, 0.5) is 0 Å². The molecule has 0 saturated carbocycles. The number of aliphatic imine (C=N–C) groups is 1. The largest absolute Gasteiger partial charge is 0.493 e. The van der Waals surface area contributed by atoms with E-state index in [1.165, 1.54) is 0 Å². The quantitative estimate of drug-likeness (QED) is 0.641. The predicted molar refractivity (Wildman–Crippen MR) is 82.6 cm³/mol. The first-order valence-corrected chi connectivity index (χ1v) is 7.08. The molecule has 0 aromatic heterocycles. The van der Waals surface area contributed by atoms with Gasteiger partial charge in [0.05, 0.1) is 12.6 Å². The number of ether oxygens (including phenoxy) is 1. The number of nitrogens with one attached hydrogen (secondary N) is 1. The minimum absolute atomic E-state index is 0.198. The van der Waals surface area contributed by atoms with Crippen molar-refractivity contribution in [3.8, 4) is 0 Å². The monoisotopic (exact) mass is 290 g/mol. The lowest BCUT2D eigenvalue weighted by Gasteiger charge is -2.30. The number of rotatable bonds is 6. The molecule has 0 bridgehead atoms. The van der Waals surface area contributed by atoms with Crippen LogP contribution in [0.5, 0.6) is 0 Å². The standard InChI is InChI=1S/C16H22N2O3/c1-3-12-11(6-8-21-15(12)4-2)9-18-14-10-17-7-5-13(14)16(19)20/h3-5,7,10-11,13-14,16,18-20H,1-2,6,8-9H2/t11-,13?,14?/m0/s1. The molecule has 21 heavy (non-hydrogen) atoms. The van der Waals surface area contributed by atoms with Crippen LogP contribution in [-0.2, 0) is 4.74 Å². The highest BCUT2D eigenvalue weighted by atomic mass is 16.5. The molecular formula is C16H22N2O3. The fraction of sp³-hybridized carbons (Fsp3) is 0.438. The summed E-state index contributed by atoms with van der Waals surface area (Å²) in [6.45, 7) is 8.93. The van der Waals surface area contributed by atoms with Crippen molar-refractivity contribution in [3.63, 3.8) is 0 Å². The van der Waals surface area contributed by atoms with Crippen molar-refractivity contribution in [2.24, 2.45) is 16.8 Å². The van der Waals surface area contributed by atoms with Crippen molar-refractivity contribution >= 4 is 6.21 Å². The second-order valence-electron chi connectivity index (χ2n) is 5.13. The second kappa shape index (κ2) is 7.36. The van der Waals surface area contributed by atoms with Crippen molar-refractivity contribution in [2.45, 2.75) is 18.8 Å². The summed E-state index contributed by atoms with van der Waals surface area (Å²) in [4.78, 5) is 4.06. The number of aliphatic hydroxyl groups excluding tert-OH is 1. The zero-order valence-corrected chi connectivity index (χ0v) is 12.0. The van der Waals surface area contributed by atoms with Crippen LogP contribution >= 0.6 is 0 Å². The van der Waals surface area contributed by atoms with Gasteiger partial charge < -0.3 is 20.3 Å². The maximum Gasteiger partial charge on any atom is 0.159 e. The molecular weight excluding hydrogens is 268 g/mol. The molecule has 0 amide bonds. The lowest BCUT2D eigenvalue weighted by atomic mass is 9.91. The van der Waals surface area contributed by atoms with Crippen LogP contribution in [0, 0.1) is 11.8 Å². The molecule has 0 aliphatic carbocycles. The molecule has 0 aromatic carbocycles. The molecule has 0 radical (unpaired) electrons. The summed E-state index contributed by atoms with van der Waals surface area (Å²) < 4.78 is 5.56. The van der Waals surface area contributed by atoms with Crippen molar-refractivity contribution in [2.75, 3.05) is 13.2 Å². The first-order chi connectivity index (χ1) is 10.2. The van der Waals surface area contributed by atoms with E-state index in [-0.39, 0.29) is 12.0 Å². The SMILES string of the molecule is C=CC1=C(C=C)[C@H](CNC2C=NC=CC2C(O)O)CCO1. The smallest absolute Gasteiger partial charge is 0.159 e. The van der Waals surface area contributed by atoms with Crippen molar-refractivity contribution in [3.05, 3.63) is 48.9 Å². The van der Waals surface area contributed by atoms with Gasteiger partial charge in [0, 0.05) is 30.8 Å². The summed E-state index contributed by atoms with van der Waals surface area (Å²) in [6, 6.07) is -0.198. The zero-order valence-electron chi connectivity index (χ0n) is 12.0. The molecule has 2 unspecified atom stereocenters. The molecule has 114 valence electrons. The summed E-state index contributed by atoms with van der Waals surface area (Å²) in [5.74, 6) is 0.649. The van der Waals surface area contributed by atoms with E-state index in [9.17, 15) is 10.2 Å². The van der Waals surface area contributed by atoms with Gasteiger partial charge in [0.2, 0.25) is 0 Å². The minimum atomic E-state index is -1.40. The minimum Gasteiger partial charge on any atom is -0.493 e. The van der Waals surface area contributed by atoms with Crippen LogP contribution in [0.3, 0.4) is 0 Å². The summed E-state index contributed by atoms with van der Waals surface area (Å²) in [6.07, 6.45) is 7.97. The topological polar surface area (TPSA) is 74.1 Å². The number of aliphatic hydroxyl groups is 2. The Labute approximate surface area is 125 Å². The summed E-state index contributed by atoms with van der Waals surface area (Å²) >= 11 is 0. The van der Waals surface area contributed by atoms with Gasteiger partial charge >= 0.3 is 0 Å². The van der Waals surface area contributed by atoms with E-state index in [0.29, 0.717) is 13.2 Å². The van der Waals surface area contributed by atoms with Gasteiger partial charge in [0.1, 0.15) is 5.76 Å². The number of hydrogen-bond donors (Lipinski definition) is 3. The Kier molecular flexibility index (Phi) is 5.50. The molecule has 0 aromatic rings. The molecule has 2 aliphatic rings. The Balaban J connectivity index is 2.02. The Hall–Kier alpha value is -1.69. The van der Waals surface area contributed by atoms with E-state index < -0.39 is 12.2 Å². The van der Waals surface area contributed by atoms with Gasteiger partial charge in [-0.15, -0.1) is 0 Å². The maximum atomic E-state index is 9.41. The van der Waals surface area contributed by atoms with Crippen molar-refractivity contribution < 1.29 is 14.9 Å². The second-order valence-corrected chi connectivity index (χ2v) is 5.13. The number of allylic oxidation sites excluding steroid dienone is 2. The number of nitrogens with zero attached hydrogens (tertiary/aromatic N) is 1. The average Bonchev–Trinajstić information content (AvgIpc) is 2.52. The third kappa shape index (κ3) is 3.69. The highest BCUT2D eigenvalue weighted by Gasteiger charge is 2.27. The molecule has 3 atom stereocenters. The fourth-order valence-electron chi connectivity index (χ4n) is 2.67. The van der Waals surface area contributed by atoms with Crippen LogP contribution in [0.2, 0.25) is 0 Å². The van der Waals surface area contributed by atoms with E-state index in [1.807, 2.05) is 0 Å². The van der Waals surface area contributed by atoms with Gasteiger partial charge in [-0.3, -0.25) is 4.99 Å². The first-order valence-electron chi connectivity index (χ1n) is 7.08. The highest BCUT2D eigenvalue weighted by molar-refractivity contribution is 5.67. The zero-order chi connectivity index (χ0) is 15.2. The summed E-state index contributed by atoms with van der Waals surface area (Å²) in [5.41, 5.74) is 1.04. The van der Waals surface area contributed by atoms with Gasteiger partial charge in [-0.1, -0.05) is 25.3 Å². The first kappa shape index (κ1) is 15.7. The van der Waals surface area contributed by atoms with Gasteiger partial charge in [-0.05, 0) is 18.1 Å². The average molecular weight is 290 g/mol.